The number of benzene rings is 4. The summed E-state index contributed by atoms with van der Waals surface area (Å²) in [6, 6.07) is 17.8. The van der Waals surface area contributed by atoms with Gasteiger partial charge >= 0.3 is 0 Å². The smallest absolute Gasteiger partial charge is 0.270 e. The number of anilines is 2. The Bertz CT molecular complexity index is 2120. The van der Waals surface area contributed by atoms with Gasteiger partial charge in [0, 0.05) is 80.7 Å². The number of fused-ring (bicyclic) bond motifs is 4. The van der Waals surface area contributed by atoms with Crippen LogP contribution in [0, 0.1) is 20.2 Å². The van der Waals surface area contributed by atoms with Gasteiger partial charge in [-0.15, -0.1) is 0 Å². The Labute approximate surface area is 305 Å². The molecule has 2 atom stereocenters. The van der Waals surface area contributed by atoms with Crippen molar-refractivity contribution < 1.29 is 19.3 Å². The van der Waals surface area contributed by atoms with Gasteiger partial charge in [-0.05, 0) is 76.3 Å². The normalized spacial score (nSPS) is 22.9. The molecule has 0 aliphatic carbocycles. The summed E-state index contributed by atoms with van der Waals surface area (Å²) in [5, 5.41) is 23.0. The summed E-state index contributed by atoms with van der Waals surface area (Å²) in [7, 11) is 4.06. The second-order valence-electron chi connectivity index (χ2n) is 14.2. The van der Waals surface area contributed by atoms with E-state index in [4.69, 9.17) is 9.47 Å². The van der Waals surface area contributed by atoms with E-state index < -0.39 is 32.1 Å². The average molecular weight is 801 g/mol. The van der Waals surface area contributed by atoms with Crippen molar-refractivity contribution in [1.82, 2.24) is 0 Å². The monoisotopic (exact) mass is 798 g/mol. The molecule has 0 bridgehead atoms. The maximum Gasteiger partial charge on any atom is 0.270 e. The molecule has 2 spiro atoms. The molecule has 4 aliphatic rings. The van der Waals surface area contributed by atoms with Gasteiger partial charge in [0.1, 0.15) is 11.5 Å². The molecule has 0 saturated carbocycles. The van der Waals surface area contributed by atoms with Crippen LogP contribution in [0.3, 0.4) is 0 Å². The fourth-order valence-corrected chi connectivity index (χ4v) is 10.2. The minimum Gasteiger partial charge on any atom is -0.463 e. The highest BCUT2D eigenvalue weighted by Crippen LogP contribution is 2.63. The summed E-state index contributed by atoms with van der Waals surface area (Å²) in [4.78, 5) is 26.5. The molecular formula is C38H32Br2N4O6. The van der Waals surface area contributed by atoms with Gasteiger partial charge in [0.25, 0.3) is 11.4 Å². The third kappa shape index (κ3) is 4.00. The lowest BCUT2D eigenvalue weighted by atomic mass is 9.75. The summed E-state index contributed by atoms with van der Waals surface area (Å²) in [6.07, 6.45) is 7.85. The zero-order valence-electron chi connectivity index (χ0n) is 28.1. The predicted molar refractivity (Wildman–Crippen MR) is 201 cm³/mol. The Morgan fingerprint density at radius 3 is 1.36 bits per heavy atom. The molecular weight excluding hydrogens is 768 g/mol. The van der Waals surface area contributed by atoms with Gasteiger partial charge in [-0.1, -0.05) is 44.0 Å². The van der Waals surface area contributed by atoms with Crippen LogP contribution in [-0.2, 0) is 10.8 Å². The molecule has 2 unspecified atom stereocenters. The lowest BCUT2D eigenvalue weighted by Crippen LogP contribution is -2.58. The maximum absolute atomic E-state index is 11.5. The van der Waals surface area contributed by atoms with Gasteiger partial charge in [0.05, 0.1) is 32.1 Å². The van der Waals surface area contributed by atoms with E-state index in [1.54, 1.807) is 12.1 Å². The number of likely N-dealkylation sites (N-methyl/N-ethyl adjacent to an activating group) is 2. The molecule has 50 heavy (non-hydrogen) atoms. The minimum atomic E-state index is -0.941. The number of nitro benzene ring substituents is 2. The van der Waals surface area contributed by atoms with Crippen molar-refractivity contribution in [3.8, 4) is 22.6 Å². The second-order valence-corrected chi connectivity index (χ2v) is 15.9. The second kappa shape index (κ2) is 10.4. The van der Waals surface area contributed by atoms with Crippen molar-refractivity contribution in [2.45, 2.75) is 50.0 Å². The van der Waals surface area contributed by atoms with E-state index in [-0.39, 0.29) is 11.4 Å². The Morgan fingerprint density at radius 1 is 0.620 bits per heavy atom. The highest BCUT2D eigenvalue weighted by atomic mass is 79.9. The first kappa shape index (κ1) is 32.5. The molecule has 0 aromatic heterocycles. The molecule has 4 aliphatic heterocycles. The number of hydrogen-bond donors (Lipinski definition) is 0. The number of ether oxygens (including phenoxy) is 2. The lowest BCUT2D eigenvalue weighted by molar-refractivity contribution is -0.385. The van der Waals surface area contributed by atoms with Gasteiger partial charge in [-0.2, -0.15) is 0 Å². The van der Waals surface area contributed by atoms with Crippen molar-refractivity contribution >= 4 is 66.8 Å². The lowest BCUT2D eigenvalue weighted by Gasteiger charge is -2.46. The fourth-order valence-electron chi connectivity index (χ4n) is 8.57. The molecule has 12 heteroatoms. The van der Waals surface area contributed by atoms with E-state index in [0.29, 0.717) is 22.6 Å². The summed E-state index contributed by atoms with van der Waals surface area (Å²) >= 11 is 7.77. The van der Waals surface area contributed by atoms with E-state index >= 15 is 0 Å². The number of nitrogens with zero attached hydrogens (tertiary/aromatic N) is 4. The first-order valence-electron chi connectivity index (χ1n) is 16.0. The third-order valence-corrected chi connectivity index (χ3v) is 12.5. The number of rotatable bonds is 3. The molecule has 0 amide bonds. The Balaban J connectivity index is 1.28. The molecule has 4 aromatic rings. The maximum atomic E-state index is 11.5. The standard InChI is InChI=1S/C38H32Br2N4O6/c1-35(2)31-27(39)11-9-25(33(31)41(5)37(35)17-15-21-19-23(43(45)46)7-13-29(21)49-37)26-10-12-28(40)32-34(26)42(6)38(36(32,3)4)18-16-22-20-24(44(47)48)8-14-30(22)50-38/h7-20H,1-6H3. The van der Waals surface area contributed by atoms with Gasteiger partial charge < -0.3 is 19.3 Å². The quantitative estimate of drug-likeness (QED) is 0.149. The van der Waals surface area contributed by atoms with Crippen molar-refractivity contribution in [2.75, 3.05) is 23.9 Å². The SMILES string of the molecule is CN1c2c(-c3ccc(Br)c4c3N(C)C3(C=Cc5cc([N+](=O)[O-])ccc5O3)C4(C)C)ccc(Br)c2C(C)(C)C12C=Cc1cc([N+](=O)[O-])ccc1O2. The fraction of sp³-hybridized carbons (Fsp3) is 0.263. The summed E-state index contributed by atoms with van der Waals surface area (Å²) in [6.45, 7) is 8.62. The average Bonchev–Trinajstić information content (AvgIpc) is 3.35. The van der Waals surface area contributed by atoms with E-state index in [9.17, 15) is 20.2 Å². The minimum absolute atomic E-state index is 0.0100. The van der Waals surface area contributed by atoms with Crippen LogP contribution in [0.5, 0.6) is 11.5 Å². The third-order valence-electron chi connectivity index (χ3n) is 11.2. The first-order valence-corrected chi connectivity index (χ1v) is 17.6. The molecule has 0 N–H and O–H groups in total. The van der Waals surface area contributed by atoms with Crippen LogP contribution in [0.4, 0.5) is 22.7 Å². The van der Waals surface area contributed by atoms with Crippen LogP contribution in [0.1, 0.15) is 49.9 Å². The van der Waals surface area contributed by atoms with E-state index in [1.807, 2.05) is 38.4 Å². The largest absolute Gasteiger partial charge is 0.463 e. The summed E-state index contributed by atoms with van der Waals surface area (Å²) in [5.41, 5.74) is 4.43. The van der Waals surface area contributed by atoms with Crippen LogP contribution < -0.4 is 19.3 Å². The number of non-ortho nitro benzene ring substituents is 2. The predicted octanol–water partition coefficient (Wildman–Crippen LogP) is 9.75. The van der Waals surface area contributed by atoms with Crippen molar-refractivity contribution in [3.63, 3.8) is 0 Å². The van der Waals surface area contributed by atoms with E-state index in [1.165, 1.54) is 24.3 Å². The van der Waals surface area contributed by atoms with Gasteiger partial charge in [0.15, 0.2) is 0 Å². The number of hydrogen-bond acceptors (Lipinski definition) is 8. The Morgan fingerprint density at radius 2 is 1.00 bits per heavy atom. The highest BCUT2D eigenvalue weighted by Gasteiger charge is 2.61. The van der Waals surface area contributed by atoms with Crippen LogP contribution in [0.2, 0.25) is 0 Å². The first-order chi connectivity index (χ1) is 23.6. The molecule has 0 saturated heterocycles. The summed E-state index contributed by atoms with van der Waals surface area (Å²) < 4.78 is 15.7. The Kier molecular flexibility index (Phi) is 6.78. The van der Waals surface area contributed by atoms with Crippen LogP contribution in [0.15, 0.2) is 81.8 Å². The topological polar surface area (TPSA) is 111 Å². The van der Waals surface area contributed by atoms with Crippen molar-refractivity contribution in [2.24, 2.45) is 0 Å². The molecule has 254 valence electrons. The van der Waals surface area contributed by atoms with Gasteiger partial charge in [-0.3, -0.25) is 20.2 Å². The van der Waals surface area contributed by atoms with Crippen molar-refractivity contribution in [3.05, 3.63) is 124 Å². The molecule has 0 fully saturated rings. The van der Waals surface area contributed by atoms with Crippen LogP contribution in [0.25, 0.3) is 23.3 Å². The van der Waals surface area contributed by atoms with Crippen LogP contribution >= 0.6 is 31.9 Å². The highest BCUT2D eigenvalue weighted by molar-refractivity contribution is 9.10. The molecule has 4 heterocycles. The van der Waals surface area contributed by atoms with Crippen LogP contribution in [-0.4, -0.2) is 35.4 Å². The number of halogens is 2. The van der Waals surface area contributed by atoms with Gasteiger partial charge in [0.2, 0.25) is 11.4 Å². The zero-order valence-corrected chi connectivity index (χ0v) is 31.2. The molecule has 8 rings (SSSR count). The van der Waals surface area contributed by atoms with E-state index in [2.05, 4.69) is 93.6 Å². The van der Waals surface area contributed by atoms with E-state index in [0.717, 1.165) is 42.6 Å². The molecule has 10 nitrogen and oxygen atoms in total. The molecule has 0 radical (unpaired) electrons. The summed E-state index contributed by atoms with van der Waals surface area (Å²) in [5.74, 6) is 1.15. The van der Waals surface area contributed by atoms with Crippen molar-refractivity contribution in [1.29, 1.82) is 0 Å². The molecule has 4 aromatic carbocycles. The van der Waals surface area contributed by atoms with Gasteiger partial charge in [-0.25, -0.2) is 0 Å². The number of nitro groups is 2. The zero-order chi connectivity index (χ0) is 35.7. The Hall–Kier alpha value is -4.68.